The lowest BCUT2D eigenvalue weighted by atomic mass is 10.1. The van der Waals surface area contributed by atoms with Crippen LogP contribution in [0.1, 0.15) is 11.1 Å². The number of benzene rings is 3. The molecule has 11 heteroatoms. The van der Waals surface area contributed by atoms with E-state index in [1.54, 1.807) is 24.3 Å². The molecule has 0 radical (unpaired) electrons. The molecule has 0 spiro atoms. The van der Waals surface area contributed by atoms with Gasteiger partial charge < -0.3 is 28.8 Å². The Kier molecular flexibility index (Phi) is 8.15. The second-order valence-corrected chi connectivity index (χ2v) is 8.96. The molecular formula is C25H26FNO8S. The molecule has 192 valence electrons. The van der Waals surface area contributed by atoms with E-state index < -0.39 is 15.8 Å². The van der Waals surface area contributed by atoms with Crippen molar-refractivity contribution < 1.29 is 41.6 Å². The van der Waals surface area contributed by atoms with Crippen LogP contribution in [0.25, 0.3) is 11.8 Å². The average molecular weight is 520 g/mol. The molecule has 0 aromatic heterocycles. The number of aromatic hydroxyl groups is 1. The number of rotatable bonds is 10. The van der Waals surface area contributed by atoms with Crippen molar-refractivity contribution in [2.45, 2.75) is 4.90 Å². The first kappa shape index (κ1) is 26.5. The number of methoxy groups -OCH3 is 5. The molecule has 9 nitrogen and oxygen atoms in total. The zero-order valence-corrected chi connectivity index (χ0v) is 21.1. The highest BCUT2D eigenvalue weighted by molar-refractivity contribution is 7.92. The Hall–Kier alpha value is -4.12. The van der Waals surface area contributed by atoms with Crippen LogP contribution in [-0.4, -0.2) is 49.1 Å². The first-order chi connectivity index (χ1) is 17.2. The molecule has 0 heterocycles. The van der Waals surface area contributed by atoms with E-state index in [9.17, 15) is 17.9 Å². The molecule has 36 heavy (non-hydrogen) atoms. The number of sulfonamides is 1. The van der Waals surface area contributed by atoms with E-state index in [1.165, 1.54) is 59.8 Å². The highest BCUT2D eigenvalue weighted by atomic mass is 32.2. The smallest absolute Gasteiger partial charge is 0.262 e. The Balaban J connectivity index is 2.09. The van der Waals surface area contributed by atoms with E-state index in [4.69, 9.17) is 23.7 Å². The Morgan fingerprint density at radius 1 is 0.889 bits per heavy atom. The third kappa shape index (κ3) is 5.41. The normalized spacial score (nSPS) is 11.6. The largest absolute Gasteiger partial charge is 0.504 e. The molecule has 0 saturated heterocycles. The van der Waals surface area contributed by atoms with Gasteiger partial charge in [-0.2, -0.15) is 0 Å². The summed E-state index contributed by atoms with van der Waals surface area (Å²) in [4.78, 5) is -0.351. The molecule has 3 aromatic carbocycles. The number of phenolic OH excluding ortho intramolecular Hbond substituents is 1. The number of ether oxygens (including phenoxy) is 5. The van der Waals surface area contributed by atoms with Crippen molar-refractivity contribution in [1.29, 1.82) is 0 Å². The lowest BCUT2D eigenvalue weighted by Crippen LogP contribution is -2.14. The van der Waals surface area contributed by atoms with Gasteiger partial charge in [-0.15, -0.1) is 0 Å². The maximum atomic E-state index is 14.1. The molecule has 3 aromatic rings. The number of nitrogens with one attached hydrogen (secondary N) is 1. The van der Waals surface area contributed by atoms with Gasteiger partial charge in [-0.1, -0.05) is 12.1 Å². The van der Waals surface area contributed by atoms with E-state index >= 15 is 0 Å². The topological polar surface area (TPSA) is 113 Å². The van der Waals surface area contributed by atoms with Crippen LogP contribution >= 0.6 is 0 Å². The Morgan fingerprint density at radius 3 is 2.17 bits per heavy atom. The van der Waals surface area contributed by atoms with E-state index in [-0.39, 0.29) is 33.6 Å². The predicted octanol–water partition coefficient (Wildman–Crippen LogP) is 4.51. The summed E-state index contributed by atoms with van der Waals surface area (Å²) < 4.78 is 68.8. The molecular weight excluding hydrogens is 493 g/mol. The molecule has 0 aliphatic rings. The standard InChI is InChI=1S/C25H26FNO8S/c1-31-21-10-9-17(14-18(21)26)36(29,30)27-19-11-16(12-20(28)25(19)35-5)23(33-3)13-15-7-6-8-22(32-2)24(15)34-4/h6-14,27-28H,1-5H3. The minimum Gasteiger partial charge on any atom is -0.504 e. The highest BCUT2D eigenvalue weighted by Crippen LogP contribution is 2.40. The van der Waals surface area contributed by atoms with Crippen LogP contribution in [-0.2, 0) is 14.8 Å². The third-order valence-corrected chi connectivity index (χ3v) is 6.54. The van der Waals surface area contributed by atoms with E-state index in [0.29, 0.717) is 22.6 Å². The van der Waals surface area contributed by atoms with Crippen LogP contribution in [0.4, 0.5) is 10.1 Å². The van der Waals surface area contributed by atoms with Crippen LogP contribution in [0.3, 0.4) is 0 Å². The van der Waals surface area contributed by atoms with Crippen LogP contribution < -0.4 is 23.7 Å². The third-order valence-electron chi connectivity index (χ3n) is 5.18. The number of phenols is 1. The van der Waals surface area contributed by atoms with Crippen LogP contribution in [0, 0.1) is 5.82 Å². The summed E-state index contributed by atoms with van der Waals surface area (Å²) in [5, 5.41) is 10.6. The zero-order valence-electron chi connectivity index (χ0n) is 20.3. The number of anilines is 1. The van der Waals surface area contributed by atoms with Gasteiger partial charge in [-0.05, 0) is 42.5 Å². The predicted molar refractivity (Wildman–Crippen MR) is 133 cm³/mol. The lowest BCUT2D eigenvalue weighted by molar-refractivity contribution is 0.353. The fourth-order valence-electron chi connectivity index (χ4n) is 3.49. The molecule has 3 rings (SSSR count). The van der Waals surface area contributed by atoms with Gasteiger partial charge in [-0.3, -0.25) is 4.72 Å². The van der Waals surface area contributed by atoms with E-state index in [1.807, 2.05) is 0 Å². The average Bonchev–Trinajstić information content (AvgIpc) is 2.86. The summed E-state index contributed by atoms with van der Waals surface area (Å²) >= 11 is 0. The van der Waals surface area contributed by atoms with Gasteiger partial charge in [0.15, 0.2) is 34.6 Å². The van der Waals surface area contributed by atoms with Crippen LogP contribution in [0.2, 0.25) is 0 Å². The number of hydrogen-bond donors (Lipinski definition) is 2. The molecule has 0 aliphatic carbocycles. The molecule has 0 unspecified atom stereocenters. The molecule has 0 atom stereocenters. The molecule has 2 N–H and O–H groups in total. The van der Waals surface area contributed by atoms with E-state index in [2.05, 4.69) is 4.72 Å². The number of halogens is 1. The Labute approximate surface area is 208 Å². The second kappa shape index (κ2) is 11.1. The van der Waals surface area contributed by atoms with Crippen LogP contribution in [0.5, 0.6) is 28.7 Å². The van der Waals surface area contributed by atoms with Crippen molar-refractivity contribution in [1.82, 2.24) is 0 Å². The first-order valence-electron chi connectivity index (χ1n) is 10.4. The van der Waals surface area contributed by atoms with Gasteiger partial charge in [0.2, 0.25) is 0 Å². The molecule has 0 amide bonds. The maximum absolute atomic E-state index is 14.1. The summed E-state index contributed by atoms with van der Waals surface area (Å²) in [6.45, 7) is 0. The van der Waals surface area contributed by atoms with Gasteiger partial charge >= 0.3 is 0 Å². The molecule has 0 aliphatic heterocycles. The van der Waals surface area contributed by atoms with Crippen molar-refractivity contribution in [2.75, 3.05) is 40.3 Å². The van der Waals surface area contributed by atoms with Crippen molar-refractivity contribution in [3.8, 4) is 28.7 Å². The first-order valence-corrected chi connectivity index (χ1v) is 11.9. The minimum atomic E-state index is -4.27. The Morgan fingerprint density at radius 2 is 1.58 bits per heavy atom. The fraction of sp³-hybridized carbons (Fsp3) is 0.200. The Bertz CT molecular complexity index is 1390. The molecule has 0 bridgehead atoms. The van der Waals surface area contributed by atoms with E-state index in [0.717, 1.165) is 6.07 Å². The zero-order chi connectivity index (χ0) is 26.5. The molecule has 0 fully saturated rings. The van der Waals surface area contributed by atoms with Crippen molar-refractivity contribution in [3.63, 3.8) is 0 Å². The maximum Gasteiger partial charge on any atom is 0.262 e. The van der Waals surface area contributed by atoms with Gasteiger partial charge in [0.1, 0.15) is 5.76 Å². The summed E-state index contributed by atoms with van der Waals surface area (Å²) in [6, 6.07) is 11.2. The SMILES string of the molecule is COC(=Cc1cccc(OC)c1OC)c1cc(O)c(OC)c(NS(=O)(=O)c2ccc(OC)c(F)c2)c1. The van der Waals surface area contributed by atoms with Gasteiger partial charge in [0.05, 0.1) is 46.1 Å². The van der Waals surface area contributed by atoms with Crippen molar-refractivity contribution >= 4 is 27.5 Å². The van der Waals surface area contributed by atoms with Crippen LogP contribution in [0.15, 0.2) is 53.4 Å². The highest BCUT2D eigenvalue weighted by Gasteiger charge is 2.22. The lowest BCUT2D eigenvalue weighted by Gasteiger charge is -2.17. The summed E-state index contributed by atoms with van der Waals surface area (Å²) in [5.41, 5.74) is 0.836. The fourth-order valence-corrected chi connectivity index (χ4v) is 4.56. The van der Waals surface area contributed by atoms with Gasteiger partial charge in [0, 0.05) is 11.1 Å². The molecule has 0 saturated carbocycles. The quantitative estimate of drug-likeness (QED) is 0.297. The van der Waals surface area contributed by atoms with Crippen molar-refractivity contribution in [2.24, 2.45) is 0 Å². The summed E-state index contributed by atoms with van der Waals surface area (Å²) in [7, 11) is 2.70. The monoisotopic (exact) mass is 519 g/mol. The minimum absolute atomic E-state index is 0.0933. The summed E-state index contributed by atoms with van der Waals surface area (Å²) in [5.74, 6) is -0.209. The number of para-hydroxylation sites is 1. The second-order valence-electron chi connectivity index (χ2n) is 7.27. The van der Waals surface area contributed by atoms with Gasteiger partial charge in [0.25, 0.3) is 10.0 Å². The van der Waals surface area contributed by atoms with Crippen molar-refractivity contribution in [3.05, 3.63) is 65.5 Å². The number of hydrogen-bond acceptors (Lipinski definition) is 8. The van der Waals surface area contributed by atoms with Gasteiger partial charge in [-0.25, -0.2) is 12.8 Å². The summed E-state index contributed by atoms with van der Waals surface area (Å²) in [6.07, 6.45) is 1.64.